The number of nitrogens with one attached hydrogen (secondary N) is 1. The summed E-state index contributed by atoms with van der Waals surface area (Å²) in [6.45, 7) is 7.46. The Labute approximate surface area is 106 Å². The molecule has 0 amide bonds. The lowest BCUT2D eigenvalue weighted by Gasteiger charge is -2.41. The minimum absolute atomic E-state index is 0.797. The highest BCUT2D eigenvalue weighted by Gasteiger charge is 2.40. The van der Waals surface area contributed by atoms with Crippen LogP contribution in [-0.4, -0.2) is 36.1 Å². The molecule has 5 atom stereocenters. The molecule has 0 bridgehead atoms. The van der Waals surface area contributed by atoms with Crippen LogP contribution in [0, 0.1) is 11.8 Å². The first kappa shape index (κ1) is 12.0. The summed E-state index contributed by atoms with van der Waals surface area (Å²) in [5.41, 5.74) is 0. The number of hydrogen-bond acceptors (Lipinski definition) is 2. The number of piperidine rings is 1. The van der Waals surface area contributed by atoms with Crippen molar-refractivity contribution in [3.8, 4) is 0 Å². The highest BCUT2D eigenvalue weighted by Crippen LogP contribution is 2.38. The van der Waals surface area contributed by atoms with E-state index in [1.54, 1.807) is 0 Å². The van der Waals surface area contributed by atoms with Gasteiger partial charge in [0.25, 0.3) is 0 Å². The normalized spacial score (nSPS) is 47.3. The molecule has 17 heavy (non-hydrogen) atoms. The van der Waals surface area contributed by atoms with Crippen LogP contribution in [0.1, 0.15) is 52.4 Å². The maximum atomic E-state index is 3.81. The van der Waals surface area contributed by atoms with Gasteiger partial charge in [0.1, 0.15) is 0 Å². The highest BCUT2D eigenvalue weighted by molar-refractivity contribution is 4.96. The summed E-state index contributed by atoms with van der Waals surface area (Å²) in [5, 5.41) is 3.81. The van der Waals surface area contributed by atoms with E-state index in [4.69, 9.17) is 0 Å². The fourth-order valence-corrected chi connectivity index (χ4v) is 4.56. The number of rotatable bonds is 2. The lowest BCUT2D eigenvalue weighted by atomic mass is 9.91. The van der Waals surface area contributed by atoms with Crippen LogP contribution in [0.25, 0.3) is 0 Å². The Balaban J connectivity index is 1.62. The number of fused-ring (bicyclic) bond motifs is 1. The average molecular weight is 236 g/mol. The third kappa shape index (κ3) is 2.26. The van der Waals surface area contributed by atoms with Crippen LogP contribution in [0.3, 0.4) is 0 Å². The van der Waals surface area contributed by atoms with Crippen LogP contribution in [0.4, 0.5) is 0 Å². The molecule has 2 nitrogen and oxygen atoms in total. The fraction of sp³-hybridized carbons (Fsp3) is 1.00. The van der Waals surface area contributed by atoms with Gasteiger partial charge in [0.05, 0.1) is 0 Å². The van der Waals surface area contributed by atoms with E-state index in [1.807, 2.05) is 0 Å². The SMILES string of the molecule is CC1CCCC(C)N1CC1NCC2CCCC21. The molecular formula is C15H28N2. The van der Waals surface area contributed by atoms with Gasteiger partial charge in [0.15, 0.2) is 0 Å². The van der Waals surface area contributed by atoms with Crippen LogP contribution < -0.4 is 5.32 Å². The zero-order valence-electron chi connectivity index (χ0n) is 11.5. The van der Waals surface area contributed by atoms with Crippen LogP contribution in [0.5, 0.6) is 0 Å². The molecule has 0 aromatic heterocycles. The Morgan fingerprint density at radius 2 is 1.71 bits per heavy atom. The Kier molecular flexibility index (Phi) is 3.45. The van der Waals surface area contributed by atoms with Gasteiger partial charge in [-0.15, -0.1) is 0 Å². The average Bonchev–Trinajstić information content (AvgIpc) is 2.87. The number of nitrogens with zero attached hydrogens (tertiary/aromatic N) is 1. The van der Waals surface area contributed by atoms with E-state index in [-0.39, 0.29) is 0 Å². The topological polar surface area (TPSA) is 15.3 Å². The van der Waals surface area contributed by atoms with Crippen molar-refractivity contribution in [2.75, 3.05) is 13.1 Å². The van der Waals surface area contributed by atoms with E-state index in [0.717, 1.165) is 30.0 Å². The van der Waals surface area contributed by atoms with Crippen molar-refractivity contribution >= 4 is 0 Å². The first-order chi connectivity index (χ1) is 8.25. The van der Waals surface area contributed by atoms with Crippen LogP contribution in [-0.2, 0) is 0 Å². The van der Waals surface area contributed by atoms with Crippen LogP contribution in [0.2, 0.25) is 0 Å². The van der Waals surface area contributed by atoms with E-state index >= 15 is 0 Å². The van der Waals surface area contributed by atoms with Gasteiger partial charge in [-0.05, 0) is 57.9 Å². The molecule has 2 heterocycles. The van der Waals surface area contributed by atoms with Gasteiger partial charge < -0.3 is 5.32 Å². The van der Waals surface area contributed by atoms with Gasteiger partial charge in [-0.2, -0.15) is 0 Å². The van der Waals surface area contributed by atoms with E-state index in [1.165, 1.54) is 51.6 Å². The lowest BCUT2D eigenvalue weighted by molar-refractivity contribution is 0.0863. The van der Waals surface area contributed by atoms with E-state index in [9.17, 15) is 0 Å². The molecule has 2 heteroatoms. The molecule has 0 aromatic rings. The van der Waals surface area contributed by atoms with Gasteiger partial charge in [0, 0.05) is 24.7 Å². The standard InChI is InChI=1S/C15H28N2/c1-11-5-3-6-12(2)17(11)10-15-14-8-4-7-13(14)9-16-15/h11-16H,3-10H2,1-2H3. The second-order valence-electron chi connectivity index (χ2n) is 6.70. The van der Waals surface area contributed by atoms with Crippen LogP contribution in [0.15, 0.2) is 0 Å². The third-order valence-corrected chi connectivity index (χ3v) is 5.66. The Morgan fingerprint density at radius 3 is 2.47 bits per heavy atom. The summed E-state index contributed by atoms with van der Waals surface area (Å²) in [5.74, 6) is 2.01. The predicted molar refractivity (Wildman–Crippen MR) is 72.1 cm³/mol. The quantitative estimate of drug-likeness (QED) is 0.793. The second-order valence-corrected chi connectivity index (χ2v) is 6.70. The van der Waals surface area contributed by atoms with Crippen molar-refractivity contribution < 1.29 is 0 Å². The molecule has 2 saturated heterocycles. The van der Waals surface area contributed by atoms with Gasteiger partial charge in [-0.1, -0.05) is 12.8 Å². The van der Waals surface area contributed by atoms with Crippen molar-refractivity contribution in [1.82, 2.24) is 10.2 Å². The Morgan fingerprint density at radius 1 is 1.00 bits per heavy atom. The van der Waals surface area contributed by atoms with Gasteiger partial charge >= 0.3 is 0 Å². The molecule has 2 aliphatic heterocycles. The minimum atomic E-state index is 0.797. The van der Waals surface area contributed by atoms with Crippen molar-refractivity contribution in [2.45, 2.75) is 70.5 Å². The molecule has 0 spiro atoms. The summed E-state index contributed by atoms with van der Waals surface area (Å²) in [6.07, 6.45) is 8.70. The molecule has 3 rings (SSSR count). The molecular weight excluding hydrogens is 208 g/mol. The summed E-state index contributed by atoms with van der Waals surface area (Å²) in [7, 11) is 0. The summed E-state index contributed by atoms with van der Waals surface area (Å²) >= 11 is 0. The van der Waals surface area contributed by atoms with Crippen molar-refractivity contribution in [1.29, 1.82) is 0 Å². The first-order valence-corrected chi connectivity index (χ1v) is 7.75. The minimum Gasteiger partial charge on any atom is -0.312 e. The molecule has 5 unspecified atom stereocenters. The third-order valence-electron chi connectivity index (χ3n) is 5.66. The van der Waals surface area contributed by atoms with Crippen molar-refractivity contribution in [3.05, 3.63) is 0 Å². The van der Waals surface area contributed by atoms with Gasteiger partial charge in [0.2, 0.25) is 0 Å². The summed E-state index contributed by atoms with van der Waals surface area (Å²) < 4.78 is 0. The van der Waals surface area contributed by atoms with E-state index in [0.29, 0.717) is 0 Å². The smallest absolute Gasteiger partial charge is 0.0226 e. The lowest BCUT2D eigenvalue weighted by Crippen LogP contribution is -2.50. The molecule has 1 saturated carbocycles. The molecule has 3 fully saturated rings. The largest absolute Gasteiger partial charge is 0.312 e. The molecule has 0 aromatic carbocycles. The zero-order chi connectivity index (χ0) is 11.8. The monoisotopic (exact) mass is 236 g/mol. The maximum absolute atomic E-state index is 3.81. The van der Waals surface area contributed by atoms with Crippen molar-refractivity contribution in [2.24, 2.45) is 11.8 Å². The molecule has 0 radical (unpaired) electrons. The first-order valence-electron chi connectivity index (χ1n) is 7.75. The number of likely N-dealkylation sites (tertiary alicyclic amines) is 1. The molecule has 1 aliphatic carbocycles. The molecule has 98 valence electrons. The highest BCUT2D eigenvalue weighted by atomic mass is 15.2. The number of hydrogen-bond donors (Lipinski definition) is 1. The second kappa shape index (κ2) is 4.89. The van der Waals surface area contributed by atoms with E-state index in [2.05, 4.69) is 24.1 Å². The van der Waals surface area contributed by atoms with Gasteiger partial charge in [-0.3, -0.25) is 4.90 Å². The zero-order valence-corrected chi connectivity index (χ0v) is 11.5. The Bertz CT molecular complexity index is 256. The summed E-state index contributed by atoms with van der Waals surface area (Å²) in [6, 6.07) is 2.41. The van der Waals surface area contributed by atoms with Crippen LogP contribution >= 0.6 is 0 Å². The molecule has 3 aliphatic rings. The van der Waals surface area contributed by atoms with E-state index < -0.39 is 0 Å². The maximum Gasteiger partial charge on any atom is 0.0226 e. The molecule has 1 N–H and O–H groups in total. The van der Waals surface area contributed by atoms with Gasteiger partial charge in [-0.25, -0.2) is 0 Å². The Hall–Kier alpha value is -0.0800. The fourth-order valence-electron chi connectivity index (χ4n) is 4.56. The van der Waals surface area contributed by atoms with Crippen molar-refractivity contribution in [3.63, 3.8) is 0 Å². The summed E-state index contributed by atoms with van der Waals surface area (Å²) in [4.78, 5) is 2.78. The predicted octanol–water partition coefficient (Wildman–Crippen LogP) is 2.64.